The first kappa shape index (κ1) is 21.5. The number of hydrogen-bond donors (Lipinski definition) is 2. The molecule has 1 heterocycles. The van der Waals surface area contributed by atoms with E-state index in [4.69, 9.17) is 11.0 Å². The van der Waals surface area contributed by atoms with Crippen molar-refractivity contribution in [1.29, 1.82) is 5.26 Å². The molecule has 154 valence electrons. The lowest BCUT2D eigenvalue weighted by molar-refractivity contribution is -0.117. The van der Waals surface area contributed by atoms with E-state index < -0.39 is 5.82 Å². The molecule has 9 heteroatoms. The maximum Gasteiger partial charge on any atom is 0.321 e. The number of benzene rings is 2. The SMILES string of the molecule is N#Cc1ccc(NC(=O)N2CCC(C(=O)C(N)=Nc3ccc(F)c(Br)c3)CC2)cc1. The summed E-state index contributed by atoms with van der Waals surface area (Å²) in [5.74, 6) is -1.15. The highest BCUT2D eigenvalue weighted by atomic mass is 79.9. The minimum absolute atomic E-state index is 0.131. The molecular formula is C21H19BrFN5O2. The standard InChI is InChI=1S/C21H19BrFN5O2/c22-17-11-16(5-6-18(17)23)26-20(25)19(29)14-7-9-28(10-8-14)21(30)27-15-3-1-13(12-24)2-4-15/h1-6,11,14H,7-10H2,(H2,25,26)(H,27,30). The number of hydrogen-bond acceptors (Lipinski definition) is 4. The van der Waals surface area contributed by atoms with Crippen molar-refractivity contribution in [2.75, 3.05) is 18.4 Å². The summed E-state index contributed by atoms with van der Waals surface area (Å²) in [5, 5.41) is 11.6. The summed E-state index contributed by atoms with van der Waals surface area (Å²) in [5.41, 5.74) is 7.36. The summed E-state index contributed by atoms with van der Waals surface area (Å²) in [7, 11) is 0. The number of likely N-dealkylation sites (tertiary alicyclic amines) is 1. The molecule has 30 heavy (non-hydrogen) atoms. The van der Waals surface area contributed by atoms with Crippen molar-refractivity contribution in [2.45, 2.75) is 12.8 Å². The van der Waals surface area contributed by atoms with E-state index in [1.54, 1.807) is 29.2 Å². The van der Waals surface area contributed by atoms with E-state index in [0.29, 0.717) is 42.9 Å². The van der Waals surface area contributed by atoms with E-state index in [1.807, 2.05) is 6.07 Å². The summed E-state index contributed by atoms with van der Waals surface area (Å²) >= 11 is 3.07. The molecule has 7 nitrogen and oxygen atoms in total. The molecule has 1 aliphatic heterocycles. The maximum atomic E-state index is 13.3. The molecule has 2 aromatic carbocycles. The second-order valence-corrected chi connectivity index (χ2v) is 7.69. The number of ketones is 1. The number of nitriles is 1. The number of anilines is 1. The summed E-state index contributed by atoms with van der Waals surface area (Å²) in [4.78, 5) is 30.7. The predicted molar refractivity (Wildman–Crippen MR) is 115 cm³/mol. The number of Topliss-reactive ketones (excluding diaryl/α,β-unsaturated/α-hetero) is 1. The Morgan fingerprint density at radius 3 is 2.47 bits per heavy atom. The van der Waals surface area contributed by atoms with Crippen LogP contribution in [0.1, 0.15) is 18.4 Å². The van der Waals surface area contributed by atoms with Gasteiger partial charge in [0.1, 0.15) is 5.82 Å². The number of piperidine rings is 1. The molecule has 0 bridgehead atoms. The Morgan fingerprint density at radius 2 is 1.87 bits per heavy atom. The molecule has 0 aliphatic carbocycles. The zero-order valence-corrected chi connectivity index (χ0v) is 17.5. The number of urea groups is 1. The Hall–Kier alpha value is -3.25. The van der Waals surface area contributed by atoms with Gasteiger partial charge in [0, 0.05) is 24.7 Å². The first-order valence-electron chi connectivity index (χ1n) is 9.27. The first-order chi connectivity index (χ1) is 14.4. The van der Waals surface area contributed by atoms with Gasteiger partial charge in [-0.15, -0.1) is 0 Å². The predicted octanol–water partition coefficient (Wildman–Crippen LogP) is 3.96. The second-order valence-electron chi connectivity index (χ2n) is 6.84. The van der Waals surface area contributed by atoms with Crippen LogP contribution < -0.4 is 11.1 Å². The third kappa shape index (κ3) is 5.21. The van der Waals surface area contributed by atoms with Crippen molar-refractivity contribution in [3.8, 4) is 6.07 Å². The van der Waals surface area contributed by atoms with Crippen LogP contribution >= 0.6 is 15.9 Å². The Balaban J connectivity index is 1.55. The molecule has 3 N–H and O–H groups in total. The molecule has 0 unspecified atom stereocenters. The number of amidine groups is 1. The third-order valence-corrected chi connectivity index (χ3v) is 5.43. The van der Waals surface area contributed by atoms with Crippen molar-refractivity contribution < 1.29 is 14.0 Å². The Labute approximate surface area is 181 Å². The van der Waals surface area contributed by atoms with Crippen molar-refractivity contribution in [2.24, 2.45) is 16.6 Å². The fourth-order valence-electron chi connectivity index (χ4n) is 3.13. The van der Waals surface area contributed by atoms with Gasteiger partial charge in [-0.05, 0) is 71.2 Å². The lowest BCUT2D eigenvalue weighted by Gasteiger charge is -2.31. The molecular weight excluding hydrogens is 453 g/mol. The highest BCUT2D eigenvalue weighted by molar-refractivity contribution is 9.10. The Bertz CT molecular complexity index is 1020. The van der Waals surface area contributed by atoms with Gasteiger partial charge in [0.05, 0.1) is 21.8 Å². The van der Waals surface area contributed by atoms with Crippen LogP contribution in [-0.4, -0.2) is 35.6 Å². The lowest BCUT2D eigenvalue weighted by atomic mass is 9.92. The van der Waals surface area contributed by atoms with Crippen LogP contribution in [0.3, 0.4) is 0 Å². The fourth-order valence-corrected chi connectivity index (χ4v) is 3.50. The molecule has 0 aromatic heterocycles. The van der Waals surface area contributed by atoms with Crippen molar-refractivity contribution >= 4 is 45.0 Å². The summed E-state index contributed by atoms with van der Waals surface area (Å²) in [6.45, 7) is 0.821. The van der Waals surface area contributed by atoms with Crippen molar-refractivity contribution in [1.82, 2.24) is 4.90 Å². The van der Waals surface area contributed by atoms with Crippen LogP contribution in [0.2, 0.25) is 0 Å². The largest absolute Gasteiger partial charge is 0.381 e. The van der Waals surface area contributed by atoms with Gasteiger partial charge in [-0.2, -0.15) is 5.26 Å². The van der Waals surface area contributed by atoms with Crippen molar-refractivity contribution in [3.63, 3.8) is 0 Å². The van der Waals surface area contributed by atoms with E-state index in [9.17, 15) is 14.0 Å². The highest BCUT2D eigenvalue weighted by Crippen LogP contribution is 2.24. The Kier molecular flexibility index (Phi) is 6.79. The number of aliphatic imine (C=N–C) groups is 1. The molecule has 2 aromatic rings. The van der Waals surface area contributed by atoms with Crippen LogP contribution in [0.25, 0.3) is 0 Å². The molecule has 2 amide bonds. The number of carbonyl (C=O) groups excluding carboxylic acids is 2. The quantitative estimate of drug-likeness (QED) is 0.518. The average molecular weight is 472 g/mol. The minimum atomic E-state index is -0.425. The van der Waals surface area contributed by atoms with E-state index in [0.717, 1.165) is 0 Å². The molecule has 1 fully saturated rings. The van der Waals surface area contributed by atoms with Gasteiger partial charge >= 0.3 is 6.03 Å². The van der Waals surface area contributed by atoms with Crippen LogP contribution in [-0.2, 0) is 4.79 Å². The highest BCUT2D eigenvalue weighted by Gasteiger charge is 2.29. The normalized spacial score (nSPS) is 14.8. The molecule has 0 atom stereocenters. The molecule has 3 rings (SSSR count). The second kappa shape index (κ2) is 9.50. The van der Waals surface area contributed by atoms with E-state index in [2.05, 4.69) is 26.2 Å². The van der Waals surface area contributed by atoms with Gasteiger partial charge in [-0.3, -0.25) is 4.79 Å². The number of nitrogens with zero attached hydrogens (tertiary/aromatic N) is 3. The number of carbonyl (C=O) groups is 2. The van der Waals surface area contributed by atoms with E-state index in [-0.39, 0.29) is 28.0 Å². The monoisotopic (exact) mass is 471 g/mol. The first-order valence-corrected chi connectivity index (χ1v) is 10.1. The van der Waals surface area contributed by atoms with Crippen LogP contribution in [0.15, 0.2) is 51.9 Å². The molecule has 0 saturated carbocycles. The zero-order chi connectivity index (χ0) is 21.7. The number of amides is 2. The molecule has 1 saturated heterocycles. The van der Waals surface area contributed by atoms with Crippen molar-refractivity contribution in [3.05, 3.63) is 58.3 Å². The number of nitrogens with two attached hydrogens (primary N) is 1. The van der Waals surface area contributed by atoms with Crippen LogP contribution in [0, 0.1) is 23.1 Å². The van der Waals surface area contributed by atoms with E-state index in [1.165, 1.54) is 18.2 Å². The maximum absolute atomic E-state index is 13.3. The number of nitrogens with one attached hydrogen (secondary N) is 1. The smallest absolute Gasteiger partial charge is 0.321 e. The topological polar surface area (TPSA) is 112 Å². The van der Waals surface area contributed by atoms with E-state index >= 15 is 0 Å². The average Bonchev–Trinajstić information content (AvgIpc) is 2.76. The third-order valence-electron chi connectivity index (χ3n) is 4.82. The summed E-state index contributed by atoms with van der Waals surface area (Å²) in [6, 6.07) is 12.5. The van der Waals surface area contributed by atoms with Crippen LogP contribution in [0.5, 0.6) is 0 Å². The van der Waals surface area contributed by atoms with Gasteiger partial charge in [0.2, 0.25) is 5.78 Å². The minimum Gasteiger partial charge on any atom is -0.381 e. The fraction of sp³-hybridized carbons (Fsp3) is 0.238. The van der Waals surface area contributed by atoms with Gasteiger partial charge in [-0.25, -0.2) is 14.2 Å². The number of rotatable bonds is 4. The zero-order valence-electron chi connectivity index (χ0n) is 15.9. The lowest BCUT2D eigenvalue weighted by Crippen LogP contribution is -2.44. The number of halogens is 2. The molecule has 1 aliphatic rings. The summed E-state index contributed by atoms with van der Waals surface area (Å²) in [6.07, 6.45) is 0.950. The van der Waals surface area contributed by atoms with Crippen LogP contribution in [0.4, 0.5) is 20.6 Å². The molecule has 0 spiro atoms. The van der Waals surface area contributed by atoms with Gasteiger partial charge in [0.25, 0.3) is 0 Å². The van der Waals surface area contributed by atoms with Gasteiger partial charge < -0.3 is 16.0 Å². The molecule has 0 radical (unpaired) electrons. The summed E-state index contributed by atoms with van der Waals surface area (Å²) < 4.78 is 13.6. The van der Waals surface area contributed by atoms with Gasteiger partial charge in [0.15, 0.2) is 5.84 Å². The van der Waals surface area contributed by atoms with Gasteiger partial charge in [-0.1, -0.05) is 0 Å². The Morgan fingerprint density at radius 1 is 1.20 bits per heavy atom.